The Kier molecular flexibility index (Phi) is 7.19. The Bertz CT molecular complexity index is 1810. The maximum Gasteiger partial charge on any atom is 0.0726 e. The summed E-state index contributed by atoms with van der Waals surface area (Å²) in [7, 11) is 0. The Hall–Kier alpha value is -4.70. The van der Waals surface area contributed by atoms with Gasteiger partial charge in [-0.2, -0.15) is 0 Å². The highest BCUT2D eigenvalue weighted by atomic mass is 14.9. The maximum absolute atomic E-state index is 4.99. The summed E-state index contributed by atoms with van der Waals surface area (Å²) in [4.78, 5) is 9.99. The highest BCUT2D eigenvalue weighted by molar-refractivity contribution is 5.96. The normalized spacial score (nSPS) is 14.3. The fourth-order valence-electron chi connectivity index (χ4n) is 7.12. The van der Waals surface area contributed by atoms with Crippen LogP contribution >= 0.6 is 0 Å². The molecule has 0 amide bonds. The molecule has 0 saturated carbocycles. The van der Waals surface area contributed by atoms with Crippen LogP contribution < -0.4 is 10.6 Å². The number of rotatable bonds is 7. The van der Waals surface area contributed by atoms with E-state index in [1.807, 2.05) is 0 Å². The van der Waals surface area contributed by atoms with Crippen molar-refractivity contribution >= 4 is 44.6 Å². The predicted octanol–water partition coefficient (Wildman–Crippen LogP) is 9.81. The third-order valence-corrected chi connectivity index (χ3v) is 9.49. The summed E-state index contributed by atoms with van der Waals surface area (Å²) in [6.45, 7) is 0. The lowest BCUT2D eigenvalue weighted by Crippen LogP contribution is -2.09. The lowest BCUT2D eigenvalue weighted by Gasteiger charge is -2.22. The van der Waals surface area contributed by atoms with Gasteiger partial charge in [0.25, 0.3) is 0 Å². The average Bonchev–Trinajstić information content (AvgIpc) is 3.08. The molecule has 0 bridgehead atoms. The SMILES string of the molecule is c1ccc2c(Nc3ccc(CCc4ccc(Nc5c6c(nc7ccccc57)CCCC6)cc4)cc3)c3c(nc2c1)CCCC3. The van der Waals surface area contributed by atoms with Crippen LogP contribution in [0.4, 0.5) is 22.7 Å². The van der Waals surface area contributed by atoms with E-state index in [-0.39, 0.29) is 0 Å². The molecular weight excluding hydrogens is 536 g/mol. The molecule has 0 atom stereocenters. The van der Waals surface area contributed by atoms with Crippen molar-refractivity contribution in [2.24, 2.45) is 0 Å². The van der Waals surface area contributed by atoms with Crippen molar-refractivity contribution in [2.45, 2.75) is 64.2 Å². The van der Waals surface area contributed by atoms with Crippen molar-refractivity contribution in [3.05, 3.63) is 131 Å². The second-order valence-corrected chi connectivity index (χ2v) is 12.4. The summed E-state index contributed by atoms with van der Waals surface area (Å²) in [6.07, 6.45) is 11.3. The molecule has 2 heterocycles. The molecule has 0 unspecified atom stereocenters. The Morgan fingerprint density at radius 3 is 1.32 bits per heavy atom. The first-order valence-corrected chi connectivity index (χ1v) is 16.3. The van der Waals surface area contributed by atoms with Gasteiger partial charge in [-0.1, -0.05) is 60.7 Å². The summed E-state index contributed by atoms with van der Waals surface area (Å²) in [5, 5.41) is 9.99. The van der Waals surface area contributed by atoms with Crippen molar-refractivity contribution in [1.82, 2.24) is 9.97 Å². The molecular formula is C40H38N4. The van der Waals surface area contributed by atoms with Gasteiger partial charge >= 0.3 is 0 Å². The Morgan fingerprint density at radius 2 is 0.864 bits per heavy atom. The van der Waals surface area contributed by atoms with E-state index in [0.717, 1.165) is 60.9 Å². The van der Waals surface area contributed by atoms with Gasteiger partial charge in [-0.15, -0.1) is 0 Å². The monoisotopic (exact) mass is 574 g/mol. The van der Waals surface area contributed by atoms with Crippen LogP contribution in [0.15, 0.2) is 97.1 Å². The van der Waals surface area contributed by atoms with Crippen molar-refractivity contribution in [1.29, 1.82) is 0 Å². The number of pyridine rings is 2. The molecule has 2 aliphatic rings. The Balaban J connectivity index is 0.954. The number of aromatic nitrogens is 2. The highest BCUT2D eigenvalue weighted by Crippen LogP contribution is 2.36. The topological polar surface area (TPSA) is 49.8 Å². The first kappa shape index (κ1) is 26.9. The minimum absolute atomic E-state index is 1.02. The third-order valence-electron chi connectivity index (χ3n) is 9.49. The van der Waals surface area contributed by atoms with E-state index < -0.39 is 0 Å². The van der Waals surface area contributed by atoms with Crippen LogP contribution in [-0.4, -0.2) is 9.97 Å². The number of nitrogens with zero attached hydrogens (tertiary/aromatic N) is 2. The van der Waals surface area contributed by atoms with E-state index in [2.05, 4.69) is 108 Å². The molecule has 0 fully saturated rings. The maximum atomic E-state index is 4.99. The number of fused-ring (bicyclic) bond motifs is 4. The summed E-state index contributed by atoms with van der Waals surface area (Å²) in [5.74, 6) is 0. The average molecular weight is 575 g/mol. The molecule has 8 rings (SSSR count). The lowest BCUT2D eigenvalue weighted by atomic mass is 9.92. The molecule has 2 N–H and O–H groups in total. The fraction of sp³-hybridized carbons (Fsp3) is 0.250. The number of nitrogens with one attached hydrogen (secondary N) is 2. The first-order valence-electron chi connectivity index (χ1n) is 16.3. The number of para-hydroxylation sites is 2. The van der Waals surface area contributed by atoms with Gasteiger partial charge in [0.15, 0.2) is 0 Å². The second-order valence-electron chi connectivity index (χ2n) is 12.4. The first-order chi connectivity index (χ1) is 21.8. The van der Waals surface area contributed by atoms with Gasteiger partial charge in [-0.05, 0) is 123 Å². The van der Waals surface area contributed by atoms with E-state index in [1.165, 1.54) is 81.5 Å². The summed E-state index contributed by atoms with van der Waals surface area (Å²) in [6, 6.07) is 35.1. The van der Waals surface area contributed by atoms with Crippen LogP contribution in [0.25, 0.3) is 21.8 Å². The highest BCUT2D eigenvalue weighted by Gasteiger charge is 2.19. The molecule has 2 aliphatic carbocycles. The zero-order valence-corrected chi connectivity index (χ0v) is 25.2. The smallest absolute Gasteiger partial charge is 0.0726 e. The largest absolute Gasteiger partial charge is 0.355 e. The quantitative estimate of drug-likeness (QED) is 0.199. The van der Waals surface area contributed by atoms with Crippen LogP contribution in [0.1, 0.15) is 59.3 Å². The van der Waals surface area contributed by atoms with Crippen molar-refractivity contribution in [3.63, 3.8) is 0 Å². The molecule has 4 nitrogen and oxygen atoms in total. The van der Waals surface area contributed by atoms with E-state index >= 15 is 0 Å². The lowest BCUT2D eigenvalue weighted by molar-refractivity contribution is 0.672. The van der Waals surface area contributed by atoms with Crippen molar-refractivity contribution in [3.8, 4) is 0 Å². The zero-order chi connectivity index (χ0) is 29.3. The van der Waals surface area contributed by atoms with Crippen molar-refractivity contribution < 1.29 is 0 Å². The van der Waals surface area contributed by atoms with Gasteiger partial charge < -0.3 is 10.6 Å². The van der Waals surface area contributed by atoms with Gasteiger partial charge in [0, 0.05) is 33.5 Å². The molecule has 0 saturated heterocycles. The molecule has 4 aromatic carbocycles. The van der Waals surface area contributed by atoms with Crippen LogP contribution in [0, 0.1) is 0 Å². The van der Waals surface area contributed by atoms with Crippen molar-refractivity contribution in [2.75, 3.05) is 10.6 Å². The van der Waals surface area contributed by atoms with Gasteiger partial charge in [-0.25, -0.2) is 0 Å². The number of hydrogen-bond acceptors (Lipinski definition) is 4. The minimum Gasteiger partial charge on any atom is -0.355 e. The molecule has 44 heavy (non-hydrogen) atoms. The van der Waals surface area contributed by atoms with Crippen LogP contribution in [0.3, 0.4) is 0 Å². The minimum atomic E-state index is 1.02. The van der Waals surface area contributed by atoms with E-state index in [0.29, 0.717) is 0 Å². The molecule has 2 aromatic heterocycles. The number of anilines is 4. The van der Waals surface area contributed by atoms with E-state index in [9.17, 15) is 0 Å². The summed E-state index contributed by atoms with van der Waals surface area (Å²) < 4.78 is 0. The van der Waals surface area contributed by atoms with Gasteiger partial charge in [0.1, 0.15) is 0 Å². The Morgan fingerprint density at radius 1 is 0.455 bits per heavy atom. The van der Waals surface area contributed by atoms with Crippen LogP contribution in [0.2, 0.25) is 0 Å². The molecule has 6 aromatic rings. The number of benzene rings is 4. The number of hydrogen-bond donors (Lipinski definition) is 2. The summed E-state index contributed by atoms with van der Waals surface area (Å²) in [5.41, 5.74) is 15.0. The van der Waals surface area contributed by atoms with Gasteiger partial charge in [0.2, 0.25) is 0 Å². The molecule has 0 spiro atoms. The van der Waals surface area contributed by atoms with Gasteiger partial charge in [0.05, 0.1) is 22.4 Å². The zero-order valence-electron chi connectivity index (χ0n) is 25.2. The predicted molar refractivity (Wildman–Crippen MR) is 184 cm³/mol. The van der Waals surface area contributed by atoms with Crippen LogP contribution in [-0.2, 0) is 38.5 Å². The summed E-state index contributed by atoms with van der Waals surface area (Å²) >= 11 is 0. The molecule has 0 radical (unpaired) electrons. The Labute approximate surface area is 259 Å². The molecule has 218 valence electrons. The molecule has 4 heteroatoms. The third kappa shape index (κ3) is 5.30. The van der Waals surface area contributed by atoms with E-state index in [4.69, 9.17) is 9.97 Å². The number of aryl methyl sites for hydroxylation is 4. The molecule has 0 aliphatic heterocycles. The second kappa shape index (κ2) is 11.8. The standard InChI is InChI=1S/C40H38N4/c1-5-13-35-31(9-1)39(32-10-2-6-14-36(32)43-35)41-29-23-19-27(20-24-29)17-18-28-21-25-30(26-22-28)42-40-33-11-3-7-15-37(33)44-38-16-8-4-12-34(38)40/h1,3,5,7,9,11,13,15,19-26H,2,4,6,8,10,12,14,16-18H2,(H,41,43)(H,42,44). The van der Waals surface area contributed by atoms with E-state index in [1.54, 1.807) is 0 Å². The fourth-order valence-corrected chi connectivity index (χ4v) is 7.12. The van der Waals surface area contributed by atoms with Gasteiger partial charge in [-0.3, -0.25) is 9.97 Å². The van der Waals surface area contributed by atoms with Crippen LogP contribution in [0.5, 0.6) is 0 Å².